The fourth-order valence-corrected chi connectivity index (χ4v) is 1.87. The van der Waals surface area contributed by atoms with Crippen molar-refractivity contribution in [3.8, 4) is 0 Å². The summed E-state index contributed by atoms with van der Waals surface area (Å²) in [4.78, 5) is 4.95. The van der Waals surface area contributed by atoms with Gasteiger partial charge in [0.2, 0.25) is 0 Å². The lowest BCUT2D eigenvalue weighted by molar-refractivity contribution is -0.0699. The molecule has 1 rings (SSSR count). The largest absolute Gasteiger partial charge is 0.298 e. The summed E-state index contributed by atoms with van der Waals surface area (Å²) in [6.07, 6.45) is 4.82. The molecule has 0 saturated heterocycles. The molecule has 1 fully saturated rings. The van der Waals surface area contributed by atoms with Crippen LogP contribution in [0.4, 0.5) is 0 Å². The van der Waals surface area contributed by atoms with E-state index in [1.165, 1.54) is 12.8 Å². The molecule has 0 aromatic rings. The van der Waals surface area contributed by atoms with Crippen LogP contribution in [0.5, 0.6) is 0 Å². The molecular formula is C8H17NO. The number of hydrogen-bond acceptors (Lipinski definition) is 2. The van der Waals surface area contributed by atoms with Crippen LogP contribution in [0.2, 0.25) is 0 Å². The van der Waals surface area contributed by atoms with Gasteiger partial charge in [-0.05, 0) is 25.7 Å². The summed E-state index contributed by atoms with van der Waals surface area (Å²) >= 11 is 0. The fourth-order valence-electron chi connectivity index (χ4n) is 1.87. The first-order chi connectivity index (χ1) is 4.66. The molecule has 0 amide bonds. The van der Waals surface area contributed by atoms with Crippen molar-refractivity contribution in [1.82, 2.24) is 0 Å². The summed E-state index contributed by atoms with van der Waals surface area (Å²) in [5.41, 5.74) is -0.0301. The Hall–Kier alpha value is -0.0800. The van der Waals surface area contributed by atoms with E-state index in [-0.39, 0.29) is 5.60 Å². The zero-order valence-corrected chi connectivity index (χ0v) is 6.89. The van der Waals surface area contributed by atoms with Crippen LogP contribution >= 0.6 is 0 Å². The molecule has 2 nitrogen and oxygen atoms in total. The zero-order chi connectivity index (χ0) is 7.61. The van der Waals surface area contributed by atoms with Gasteiger partial charge < -0.3 is 0 Å². The van der Waals surface area contributed by atoms with Crippen molar-refractivity contribution in [1.29, 1.82) is 0 Å². The Kier molecular flexibility index (Phi) is 2.32. The van der Waals surface area contributed by atoms with Crippen LogP contribution in [-0.4, -0.2) is 5.60 Å². The van der Waals surface area contributed by atoms with Gasteiger partial charge in [0, 0.05) is 0 Å². The van der Waals surface area contributed by atoms with E-state index in [4.69, 9.17) is 10.7 Å². The van der Waals surface area contributed by atoms with Gasteiger partial charge in [-0.1, -0.05) is 19.8 Å². The van der Waals surface area contributed by atoms with Gasteiger partial charge in [-0.25, -0.2) is 5.90 Å². The monoisotopic (exact) mass is 143 g/mol. The van der Waals surface area contributed by atoms with Crippen LogP contribution in [-0.2, 0) is 4.84 Å². The number of hydrogen-bond donors (Lipinski definition) is 1. The molecule has 0 spiro atoms. The van der Waals surface area contributed by atoms with Crippen LogP contribution in [0.3, 0.4) is 0 Å². The molecular weight excluding hydrogens is 126 g/mol. The maximum Gasteiger partial charge on any atom is 0.0868 e. The molecule has 2 unspecified atom stereocenters. The first kappa shape index (κ1) is 8.02. The van der Waals surface area contributed by atoms with Gasteiger partial charge in [-0.3, -0.25) is 4.84 Å². The summed E-state index contributed by atoms with van der Waals surface area (Å²) in [6.45, 7) is 4.36. The smallest absolute Gasteiger partial charge is 0.0868 e. The van der Waals surface area contributed by atoms with E-state index < -0.39 is 0 Å². The Morgan fingerprint density at radius 1 is 1.60 bits per heavy atom. The van der Waals surface area contributed by atoms with Gasteiger partial charge in [-0.2, -0.15) is 0 Å². The first-order valence-electron chi connectivity index (χ1n) is 4.04. The summed E-state index contributed by atoms with van der Waals surface area (Å²) in [5, 5.41) is 0. The molecule has 2 atom stereocenters. The van der Waals surface area contributed by atoms with Gasteiger partial charge >= 0.3 is 0 Å². The molecule has 0 bridgehead atoms. The van der Waals surface area contributed by atoms with E-state index in [0.717, 1.165) is 18.8 Å². The Morgan fingerprint density at radius 3 is 2.70 bits per heavy atom. The lowest BCUT2D eigenvalue weighted by atomic mass is 9.80. The molecule has 0 aromatic carbocycles. The molecule has 2 heteroatoms. The third kappa shape index (κ3) is 1.70. The molecule has 2 N–H and O–H groups in total. The lowest BCUT2D eigenvalue weighted by Crippen LogP contribution is -2.36. The highest BCUT2D eigenvalue weighted by atomic mass is 16.6. The van der Waals surface area contributed by atoms with Crippen molar-refractivity contribution in [2.75, 3.05) is 0 Å². The van der Waals surface area contributed by atoms with E-state index in [0.29, 0.717) is 0 Å². The molecule has 0 aliphatic heterocycles. The van der Waals surface area contributed by atoms with Gasteiger partial charge in [0.25, 0.3) is 0 Å². The molecule has 0 radical (unpaired) electrons. The van der Waals surface area contributed by atoms with E-state index in [2.05, 4.69) is 13.8 Å². The normalized spacial score (nSPS) is 41.7. The maximum atomic E-state index is 5.20. The van der Waals surface area contributed by atoms with E-state index in [1.54, 1.807) is 0 Å². The topological polar surface area (TPSA) is 35.2 Å². The minimum absolute atomic E-state index is 0.0301. The Balaban J connectivity index is 2.45. The predicted molar refractivity (Wildman–Crippen MR) is 41.3 cm³/mol. The van der Waals surface area contributed by atoms with Crippen LogP contribution in [0.25, 0.3) is 0 Å². The van der Waals surface area contributed by atoms with E-state index in [1.807, 2.05) is 0 Å². The second-order valence-electron chi connectivity index (χ2n) is 3.77. The molecule has 1 saturated carbocycles. The molecule has 1 aliphatic rings. The molecule has 1 aliphatic carbocycles. The van der Waals surface area contributed by atoms with Crippen molar-refractivity contribution in [3.63, 3.8) is 0 Å². The average Bonchev–Trinajstić information content (AvgIpc) is 1.88. The Bertz CT molecular complexity index is 116. The SMILES string of the molecule is CC1CCCC(C)(ON)C1. The second kappa shape index (κ2) is 2.89. The number of rotatable bonds is 1. The average molecular weight is 143 g/mol. The Labute approximate surface area is 62.7 Å². The van der Waals surface area contributed by atoms with Crippen LogP contribution in [0.15, 0.2) is 0 Å². The number of nitrogens with two attached hydrogens (primary N) is 1. The highest BCUT2D eigenvalue weighted by Gasteiger charge is 2.30. The lowest BCUT2D eigenvalue weighted by Gasteiger charge is -2.34. The van der Waals surface area contributed by atoms with E-state index >= 15 is 0 Å². The third-order valence-corrected chi connectivity index (χ3v) is 2.47. The van der Waals surface area contributed by atoms with E-state index in [9.17, 15) is 0 Å². The minimum atomic E-state index is -0.0301. The molecule has 10 heavy (non-hydrogen) atoms. The minimum Gasteiger partial charge on any atom is -0.298 e. The zero-order valence-electron chi connectivity index (χ0n) is 6.89. The summed E-state index contributed by atoms with van der Waals surface area (Å²) < 4.78 is 0. The standard InChI is InChI=1S/C8H17NO/c1-7-4-3-5-8(2,6-7)10-9/h7H,3-6,9H2,1-2H3. The van der Waals surface area contributed by atoms with Crippen molar-refractivity contribution in [2.24, 2.45) is 11.8 Å². The maximum absolute atomic E-state index is 5.20. The van der Waals surface area contributed by atoms with Crippen molar-refractivity contribution < 1.29 is 4.84 Å². The summed E-state index contributed by atoms with van der Waals surface area (Å²) in [7, 11) is 0. The highest BCUT2D eigenvalue weighted by molar-refractivity contribution is 4.81. The van der Waals surface area contributed by atoms with Crippen molar-refractivity contribution in [2.45, 2.75) is 45.1 Å². The van der Waals surface area contributed by atoms with Crippen molar-refractivity contribution >= 4 is 0 Å². The third-order valence-electron chi connectivity index (χ3n) is 2.47. The second-order valence-corrected chi connectivity index (χ2v) is 3.77. The molecule has 0 aromatic heterocycles. The molecule has 0 heterocycles. The Morgan fingerprint density at radius 2 is 2.30 bits per heavy atom. The highest BCUT2D eigenvalue weighted by Crippen LogP contribution is 2.33. The van der Waals surface area contributed by atoms with Crippen LogP contribution in [0.1, 0.15) is 39.5 Å². The first-order valence-corrected chi connectivity index (χ1v) is 4.04. The van der Waals surface area contributed by atoms with Gasteiger partial charge in [0.15, 0.2) is 0 Å². The van der Waals surface area contributed by atoms with Crippen LogP contribution in [0, 0.1) is 5.92 Å². The van der Waals surface area contributed by atoms with Gasteiger partial charge in [0.1, 0.15) is 0 Å². The summed E-state index contributed by atoms with van der Waals surface area (Å²) in [5.74, 6) is 5.98. The van der Waals surface area contributed by atoms with Gasteiger partial charge in [0.05, 0.1) is 5.60 Å². The van der Waals surface area contributed by atoms with Gasteiger partial charge in [-0.15, -0.1) is 0 Å². The molecule has 60 valence electrons. The quantitative estimate of drug-likeness (QED) is 0.568. The van der Waals surface area contributed by atoms with Crippen LogP contribution < -0.4 is 5.90 Å². The summed E-state index contributed by atoms with van der Waals surface area (Å²) in [6, 6.07) is 0. The van der Waals surface area contributed by atoms with Crippen molar-refractivity contribution in [3.05, 3.63) is 0 Å². The predicted octanol–water partition coefficient (Wildman–Crippen LogP) is 1.85. The fraction of sp³-hybridized carbons (Fsp3) is 1.00.